The molecule has 1 saturated carbocycles. The minimum atomic E-state index is -0.351. The van der Waals surface area contributed by atoms with Crippen molar-refractivity contribution in [2.45, 2.75) is 44.6 Å². The molecule has 2 heterocycles. The van der Waals surface area contributed by atoms with E-state index in [1.54, 1.807) is 12.1 Å². The summed E-state index contributed by atoms with van der Waals surface area (Å²) in [6.45, 7) is 6.37. The lowest BCUT2D eigenvalue weighted by Crippen LogP contribution is -2.48. The largest absolute Gasteiger partial charge is 0.369 e. The summed E-state index contributed by atoms with van der Waals surface area (Å²) in [5, 5.41) is 19.5. The summed E-state index contributed by atoms with van der Waals surface area (Å²) >= 11 is 0. The number of nitrogens with zero attached hydrogens (tertiary/aromatic N) is 5. The molecule has 6 rings (SSSR count). The van der Waals surface area contributed by atoms with Gasteiger partial charge in [-0.2, -0.15) is 5.10 Å². The van der Waals surface area contributed by atoms with Gasteiger partial charge in [0.25, 0.3) is 5.69 Å². The lowest BCUT2D eigenvalue weighted by atomic mass is 9.84. The van der Waals surface area contributed by atoms with Gasteiger partial charge in [0.05, 0.1) is 22.0 Å². The summed E-state index contributed by atoms with van der Waals surface area (Å²) < 4.78 is 2.07. The Bertz CT molecular complexity index is 1440. The first-order valence-corrected chi connectivity index (χ1v) is 15.3. The number of rotatable bonds is 10. The van der Waals surface area contributed by atoms with Crippen LogP contribution in [0.1, 0.15) is 49.3 Å². The average Bonchev–Trinajstić information content (AvgIpc) is 3.49. The maximum absolute atomic E-state index is 10.9. The normalized spacial score (nSPS) is 16.5. The highest BCUT2D eigenvalue weighted by molar-refractivity contribution is 5.63. The van der Waals surface area contributed by atoms with Crippen LogP contribution in [0.4, 0.5) is 11.4 Å². The van der Waals surface area contributed by atoms with Crippen molar-refractivity contribution >= 4 is 11.4 Å². The van der Waals surface area contributed by atoms with E-state index in [4.69, 9.17) is 5.10 Å². The predicted molar refractivity (Wildman–Crippen MR) is 168 cm³/mol. The van der Waals surface area contributed by atoms with Gasteiger partial charge in [-0.25, -0.2) is 4.68 Å². The van der Waals surface area contributed by atoms with Crippen LogP contribution in [0.3, 0.4) is 0 Å². The van der Waals surface area contributed by atoms with E-state index in [-0.39, 0.29) is 10.6 Å². The van der Waals surface area contributed by atoms with Crippen LogP contribution in [0.25, 0.3) is 16.9 Å². The molecule has 1 aromatic heterocycles. The van der Waals surface area contributed by atoms with E-state index in [1.807, 2.05) is 18.2 Å². The highest BCUT2D eigenvalue weighted by Crippen LogP contribution is 2.34. The monoisotopic (exact) mass is 564 g/mol. The molecule has 1 aliphatic heterocycles. The van der Waals surface area contributed by atoms with Crippen LogP contribution in [0.2, 0.25) is 0 Å². The Labute approximate surface area is 248 Å². The molecule has 42 heavy (non-hydrogen) atoms. The van der Waals surface area contributed by atoms with Gasteiger partial charge in [-0.1, -0.05) is 61.7 Å². The molecule has 1 aliphatic carbocycles. The van der Waals surface area contributed by atoms with Gasteiger partial charge in [0.1, 0.15) is 0 Å². The third-order valence-corrected chi connectivity index (χ3v) is 8.75. The molecule has 1 N–H and O–H groups in total. The average molecular weight is 565 g/mol. The van der Waals surface area contributed by atoms with Gasteiger partial charge in [0.2, 0.25) is 0 Å². The second kappa shape index (κ2) is 13.3. The van der Waals surface area contributed by atoms with Crippen LogP contribution in [0, 0.1) is 10.1 Å². The second-order valence-corrected chi connectivity index (χ2v) is 11.5. The molecular weight excluding hydrogens is 524 g/mol. The molecule has 0 unspecified atom stereocenters. The van der Waals surface area contributed by atoms with Crippen LogP contribution in [-0.4, -0.2) is 58.9 Å². The first-order valence-electron chi connectivity index (χ1n) is 15.3. The molecule has 0 radical (unpaired) electrons. The van der Waals surface area contributed by atoms with Crippen LogP contribution in [0.5, 0.6) is 0 Å². The summed E-state index contributed by atoms with van der Waals surface area (Å²) in [5.74, 6) is 0.705. The summed E-state index contributed by atoms with van der Waals surface area (Å²) in [6.07, 6.45) is 6.70. The minimum Gasteiger partial charge on any atom is -0.369 e. The molecule has 2 fully saturated rings. The number of anilines is 1. The number of hydrogen-bond acceptors (Lipinski definition) is 6. The van der Waals surface area contributed by atoms with Crippen molar-refractivity contribution in [2.75, 3.05) is 44.2 Å². The maximum atomic E-state index is 10.9. The Balaban J connectivity index is 1.04. The van der Waals surface area contributed by atoms with Crippen LogP contribution in [-0.2, 0) is 6.54 Å². The number of nitro groups is 1. The Hall–Kier alpha value is -4.01. The number of benzene rings is 3. The minimum absolute atomic E-state index is 0.136. The van der Waals surface area contributed by atoms with Crippen molar-refractivity contribution in [1.82, 2.24) is 20.0 Å². The molecule has 218 valence electrons. The molecule has 0 bridgehead atoms. The fourth-order valence-corrected chi connectivity index (χ4v) is 6.32. The van der Waals surface area contributed by atoms with Crippen molar-refractivity contribution in [1.29, 1.82) is 0 Å². The van der Waals surface area contributed by atoms with Gasteiger partial charge < -0.3 is 10.2 Å². The van der Waals surface area contributed by atoms with Crippen molar-refractivity contribution in [3.8, 4) is 16.9 Å². The number of aromatic nitrogens is 2. The lowest BCUT2D eigenvalue weighted by molar-refractivity contribution is -0.384. The van der Waals surface area contributed by atoms with Gasteiger partial charge >= 0.3 is 0 Å². The van der Waals surface area contributed by atoms with Crippen LogP contribution >= 0.6 is 0 Å². The number of piperazine rings is 1. The van der Waals surface area contributed by atoms with Gasteiger partial charge in [0.15, 0.2) is 0 Å². The zero-order valence-corrected chi connectivity index (χ0v) is 24.2. The van der Waals surface area contributed by atoms with Gasteiger partial charge in [-0.15, -0.1) is 0 Å². The first kappa shape index (κ1) is 28.1. The van der Waals surface area contributed by atoms with E-state index in [2.05, 4.69) is 74.4 Å². The Kier molecular flexibility index (Phi) is 8.92. The van der Waals surface area contributed by atoms with E-state index in [0.717, 1.165) is 68.6 Å². The first-order chi connectivity index (χ1) is 20.6. The van der Waals surface area contributed by atoms with Crippen molar-refractivity contribution in [2.24, 2.45) is 0 Å². The predicted octanol–water partition coefficient (Wildman–Crippen LogP) is 6.41. The molecule has 0 amide bonds. The molecule has 1 saturated heterocycles. The lowest BCUT2D eigenvalue weighted by Gasteiger charge is -2.36. The maximum Gasteiger partial charge on any atom is 0.269 e. The quantitative estimate of drug-likeness (QED) is 0.136. The third-order valence-electron chi connectivity index (χ3n) is 8.75. The van der Waals surface area contributed by atoms with Crippen LogP contribution < -0.4 is 10.2 Å². The van der Waals surface area contributed by atoms with Crippen molar-refractivity contribution in [3.63, 3.8) is 0 Å². The molecule has 8 heteroatoms. The zero-order chi connectivity index (χ0) is 28.7. The smallest absolute Gasteiger partial charge is 0.269 e. The van der Waals surface area contributed by atoms with Gasteiger partial charge in [-0.3, -0.25) is 15.0 Å². The Morgan fingerprint density at radius 3 is 2.24 bits per heavy atom. The fraction of sp³-hybridized carbons (Fsp3) is 0.382. The SMILES string of the molecule is O=[N+]([O-])c1ccc(N2CCN(CCNCc3cc(-c4ccc(C5CCCCC5)cc4)n(-c4ccccc4)n3)CC2)cc1. The molecule has 0 atom stereocenters. The number of non-ortho nitro benzene ring substituents is 1. The summed E-state index contributed by atoms with van der Waals surface area (Å²) in [4.78, 5) is 15.3. The van der Waals surface area contributed by atoms with E-state index < -0.39 is 0 Å². The van der Waals surface area contributed by atoms with E-state index >= 15 is 0 Å². The van der Waals surface area contributed by atoms with Crippen molar-refractivity contribution in [3.05, 3.63) is 106 Å². The second-order valence-electron chi connectivity index (χ2n) is 11.5. The van der Waals surface area contributed by atoms with E-state index in [1.165, 1.54) is 43.2 Å². The zero-order valence-electron chi connectivity index (χ0n) is 24.2. The van der Waals surface area contributed by atoms with E-state index in [9.17, 15) is 10.1 Å². The molecule has 4 aromatic rings. The fourth-order valence-electron chi connectivity index (χ4n) is 6.32. The number of para-hydroxylation sites is 1. The summed E-state index contributed by atoms with van der Waals surface area (Å²) in [6, 6.07) is 28.7. The number of nitrogens with one attached hydrogen (secondary N) is 1. The summed E-state index contributed by atoms with van der Waals surface area (Å²) in [5.41, 5.74) is 7.08. The van der Waals surface area contributed by atoms with Crippen LogP contribution in [0.15, 0.2) is 84.9 Å². The highest BCUT2D eigenvalue weighted by atomic mass is 16.6. The summed E-state index contributed by atoms with van der Waals surface area (Å²) in [7, 11) is 0. The number of nitro benzene ring substituents is 1. The standard InChI is InChI=1S/C34H40N6O2/c41-40(42)33-17-15-31(16-18-33)38-23-21-37(22-24-38)20-19-35-26-30-25-34(39(36-30)32-9-5-2-6-10-32)29-13-11-28(12-14-29)27-7-3-1-4-8-27/h2,5-6,9-18,25,27,35H,1,3-4,7-8,19-24,26H2. The molecule has 3 aromatic carbocycles. The Morgan fingerprint density at radius 2 is 1.55 bits per heavy atom. The van der Waals surface area contributed by atoms with Gasteiger partial charge in [-0.05, 0) is 54.7 Å². The third kappa shape index (κ3) is 6.72. The highest BCUT2D eigenvalue weighted by Gasteiger charge is 2.19. The Morgan fingerprint density at radius 1 is 0.833 bits per heavy atom. The van der Waals surface area contributed by atoms with Crippen molar-refractivity contribution < 1.29 is 4.92 Å². The molecular formula is C34H40N6O2. The van der Waals surface area contributed by atoms with Gasteiger partial charge in [0, 0.05) is 69.2 Å². The molecule has 8 nitrogen and oxygen atoms in total. The number of hydrogen-bond donors (Lipinski definition) is 1. The molecule has 2 aliphatic rings. The van der Waals surface area contributed by atoms with E-state index in [0.29, 0.717) is 5.92 Å². The molecule has 0 spiro atoms. The topological polar surface area (TPSA) is 79.5 Å².